The number of thiophene rings is 1. The number of anilines is 1. The molecule has 0 bridgehead atoms. The van der Waals surface area contributed by atoms with Crippen LogP contribution in [-0.4, -0.2) is 18.2 Å². The predicted octanol–water partition coefficient (Wildman–Crippen LogP) is 2.66. The molecule has 0 saturated carbocycles. The number of fused-ring (bicyclic) bond motifs is 1. The van der Waals surface area contributed by atoms with E-state index in [-0.39, 0.29) is 11.3 Å². The Hall–Kier alpha value is -2.01. The minimum Gasteiger partial charge on any atom is -0.302 e. The van der Waals surface area contributed by atoms with Crippen LogP contribution in [0.15, 0.2) is 35.0 Å². The second-order valence-corrected chi connectivity index (χ2v) is 5.08. The molecule has 0 N–H and O–H groups in total. The van der Waals surface area contributed by atoms with Gasteiger partial charge in [0.05, 0.1) is 11.3 Å². The Morgan fingerprint density at radius 2 is 2.05 bits per heavy atom. The largest absolute Gasteiger partial charge is 0.302 e. The molecule has 0 fully saturated rings. The first-order chi connectivity index (χ1) is 9.18. The van der Waals surface area contributed by atoms with Crippen molar-refractivity contribution in [1.82, 2.24) is 0 Å². The van der Waals surface area contributed by atoms with E-state index in [0.717, 1.165) is 5.56 Å². The highest BCUT2D eigenvalue weighted by Crippen LogP contribution is 2.31. The summed E-state index contributed by atoms with van der Waals surface area (Å²) in [5.74, 6) is -1.79. The van der Waals surface area contributed by atoms with Crippen LogP contribution in [0.2, 0.25) is 0 Å². The molecule has 5 heteroatoms. The smallest absolute Gasteiger partial charge is 0.299 e. The Balaban J connectivity index is 1.90. The number of halogens is 1. The summed E-state index contributed by atoms with van der Waals surface area (Å²) in [6.07, 6.45) is 0.607. The molecule has 3 nitrogen and oxygen atoms in total. The highest BCUT2D eigenvalue weighted by Gasteiger charge is 2.37. The maximum Gasteiger partial charge on any atom is 0.299 e. The van der Waals surface area contributed by atoms with Gasteiger partial charge in [0.1, 0.15) is 5.82 Å². The molecule has 2 aromatic rings. The fraction of sp³-hybridized carbons (Fsp3) is 0.143. The van der Waals surface area contributed by atoms with Gasteiger partial charge in [0.25, 0.3) is 11.7 Å². The lowest BCUT2D eigenvalue weighted by atomic mass is 10.1. The van der Waals surface area contributed by atoms with Gasteiger partial charge in [-0.05, 0) is 40.9 Å². The van der Waals surface area contributed by atoms with Gasteiger partial charge in [0.15, 0.2) is 0 Å². The van der Waals surface area contributed by atoms with Crippen LogP contribution in [0.5, 0.6) is 0 Å². The zero-order chi connectivity index (χ0) is 13.4. The van der Waals surface area contributed by atoms with Gasteiger partial charge in [0, 0.05) is 6.54 Å². The van der Waals surface area contributed by atoms with Gasteiger partial charge in [-0.2, -0.15) is 11.3 Å². The van der Waals surface area contributed by atoms with Gasteiger partial charge in [-0.3, -0.25) is 9.59 Å². The second kappa shape index (κ2) is 4.59. The summed E-state index contributed by atoms with van der Waals surface area (Å²) in [7, 11) is 0. The van der Waals surface area contributed by atoms with Gasteiger partial charge in [-0.25, -0.2) is 4.39 Å². The summed E-state index contributed by atoms with van der Waals surface area (Å²) in [5.41, 5.74) is 1.36. The topological polar surface area (TPSA) is 37.4 Å². The first-order valence-electron chi connectivity index (χ1n) is 5.84. The van der Waals surface area contributed by atoms with E-state index in [1.807, 2.05) is 16.8 Å². The first-order valence-corrected chi connectivity index (χ1v) is 6.78. The zero-order valence-corrected chi connectivity index (χ0v) is 10.7. The number of nitrogens with zero attached hydrogens (tertiary/aromatic N) is 1. The molecule has 96 valence electrons. The van der Waals surface area contributed by atoms with Crippen molar-refractivity contribution in [1.29, 1.82) is 0 Å². The fourth-order valence-electron chi connectivity index (χ4n) is 2.20. The van der Waals surface area contributed by atoms with Gasteiger partial charge < -0.3 is 4.90 Å². The van der Waals surface area contributed by atoms with Crippen molar-refractivity contribution < 1.29 is 14.0 Å². The molecule has 0 spiro atoms. The van der Waals surface area contributed by atoms with Gasteiger partial charge in [0.2, 0.25) is 0 Å². The van der Waals surface area contributed by atoms with Crippen LogP contribution < -0.4 is 4.90 Å². The standard InChI is InChI=1S/C14H10FNO2S/c15-11-3-1-2-10-12(11)16(14(18)13(10)17)6-4-9-5-7-19-8-9/h1-3,5,7-8H,4,6H2. The molecule has 1 aliphatic heterocycles. The van der Waals surface area contributed by atoms with Crippen LogP contribution >= 0.6 is 11.3 Å². The molecule has 19 heavy (non-hydrogen) atoms. The summed E-state index contributed by atoms with van der Waals surface area (Å²) in [5, 5.41) is 3.92. The Kier molecular flexibility index (Phi) is 2.91. The van der Waals surface area contributed by atoms with Gasteiger partial charge in [-0.15, -0.1) is 0 Å². The molecule has 2 heterocycles. The Morgan fingerprint density at radius 3 is 2.79 bits per heavy atom. The number of rotatable bonds is 3. The molecule has 1 aromatic heterocycles. The molecular formula is C14H10FNO2S. The number of carbonyl (C=O) groups is 2. The van der Waals surface area contributed by atoms with Crippen molar-refractivity contribution in [2.75, 3.05) is 11.4 Å². The zero-order valence-electron chi connectivity index (χ0n) is 9.93. The van der Waals surface area contributed by atoms with Crippen molar-refractivity contribution in [3.8, 4) is 0 Å². The molecule has 0 saturated heterocycles. The van der Waals surface area contributed by atoms with E-state index in [1.54, 1.807) is 11.3 Å². The number of carbonyl (C=O) groups excluding carboxylic acids is 2. The average Bonchev–Trinajstić information content (AvgIpc) is 2.99. The fourth-order valence-corrected chi connectivity index (χ4v) is 2.90. The van der Waals surface area contributed by atoms with E-state index in [9.17, 15) is 14.0 Å². The second-order valence-electron chi connectivity index (χ2n) is 4.30. The van der Waals surface area contributed by atoms with E-state index in [1.165, 1.54) is 23.1 Å². The van der Waals surface area contributed by atoms with Crippen LogP contribution in [0.1, 0.15) is 15.9 Å². The summed E-state index contributed by atoms with van der Waals surface area (Å²) in [6.45, 7) is 0.315. The quantitative estimate of drug-likeness (QED) is 0.808. The highest BCUT2D eigenvalue weighted by molar-refractivity contribution is 7.07. The molecule has 1 amide bonds. The number of hydrogen-bond donors (Lipinski definition) is 0. The maximum absolute atomic E-state index is 13.8. The molecule has 0 unspecified atom stereocenters. The number of para-hydroxylation sites is 1. The lowest BCUT2D eigenvalue weighted by Crippen LogP contribution is -2.32. The molecule has 1 aliphatic rings. The molecule has 0 atom stereocenters. The summed E-state index contributed by atoms with van der Waals surface area (Å²) < 4.78 is 13.8. The highest BCUT2D eigenvalue weighted by atomic mass is 32.1. The Morgan fingerprint density at radius 1 is 1.21 bits per heavy atom. The van der Waals surface area contributed by atoms with Gasteiger partial charge in [-0.1, -0.05) is 6.07 Å². The SMILES string of the molecule is O=C1C(=O)N(CCc2ccsc2)c2c(F)cccc21. The molecule has 0 radical (unpaired) electrons. The summed E-state index contributed by atoms with van der Waals surface area (Å²) >= 11 is 1.57. The average molecular weight is 275 g/mol. The number of hydrogen-bond acceptors (Lipinski definition) is 3. The number of amides is 1. The van der Waals surface area contributed by atoms with E-state index in [2.05, 4.69) is 0 Å². The minimum absolute atomic E-state index is 0.118. The van der Waals surface area contributed by atoms with Crippen molar-refractivity contribution in [3.05, 3.63) is 52.0 Å². The van der Waals surface area contributed by atoms with Crippen LogP contribution in [0.4, 0.5) is 10.1 Å². The monoisotopic (exact) mass is 275 g/mol. The van der Waals surface area contributed by atoms with Crippen LogP contribution in [0, 0.1) is 5.82 Å². The third-order valence-corrected chi connectivity index (χ3v) is 3.88. The molecule has 0 aliphatic carbocycles. The normalized spacial score (nSPS) is 14.1. The van der Waals surface area contributed by atoms with E-state index in [4.69, 9.17) is 0 Å². The van der Waals surface area contributed by atoms with E-state index in [0.29, 0.717) is 13.0 Å². The minimum atomic E-state index is -0.643. The Labute approximate surface area is 113 Å². The van der Waals surface area contributed by atoms with Crippen molar-refractivity contribution in [2.45, 2.75) is 6.42 Å². The van der Waals surface area contributed by atoms with Crippen molar-refractivity contribution in [2.24, 2.45) is 0 Å². The summed E-state index contributed by atoms with van der Waals surface area (Å²) in [6, 6.07) is 6.16. The number of ketones is 1. The number of Topliss-reactive ketones (excluding diaryl/α,β-unsaturated/α-hetero) is 1. The van der Waals surface area contributed by atoms with E-state index >= 15 is 0 Å². The van der Waals surface area contributed by atoms with Crippen LogP contribution in [-0.2, 0) is 11.2 Å². The van der Waals surface area contributed by atoms with Crippen LogP contribution in [0.25, 0.3) is 0 Å². The molecular weight excluding hydrogens is 265 g/mol. The molecule has 1 aromatic carbocycles. The lowest BCUT2D eigenvalue weighted by molar-refractivity contribution is -0.114. The van der Waals surface area contributed by atoms with Crippen molar-refractivity contribution >= 4 is 28.7 Å². The van der Waals surface area contributed by atoms with E-state index < -0.39 is 17.5 Å². The van der Waals surface area contributed by atoms with Gasteiger partial charge >= 0.3 is 0 Å². The lowest BCUT2D eigenvalue weighted by Gasteiger charge is -2.16. The number of benzene rings is 1. The molecule has 3 rings (SSSR count). The Bertz CT molecular complexity index is 651. The predicted molar refractivity (Wildman–Crippen MR) is 71.1 cm³/mol. The maximum atomic E-state index is 13.8. The summed E-state index contributed by atoms with van der Waals surface area (Å²) in [4.78, 5) is 24.9. The third kappa shape index (κ3) is 1.96. The van der Waals surface area contributed by atoms with Crippen molar-refractivity contribution in [3.63, 3.8) is 0 Å². The third-order valence-electron chi connectivity index (χ3n) is 3.14. The first kappa shape index (κ1) is 12.0. The van der Waals surface area contributed by atoms with Crippen LogP contribution in [0.3, 0.4) is 0 Å².